The topological polar surface area (TPSA) is 39.9 Å². The van der Waals surface area contributed by atoms with Crippen LogP contribution in [0, 0.1) is 17.8 Å². The number of ether oxygens (including phenoxy) is 1. The monoisotopic (exact) mass is 291 g/mol. The van der Waals surface area contributed by atoms with E-state index in [1.54, 1.807) is 0 Å². The van der Waals surface area contributed by atoms with Gasteiger partial charge in [0.15, 0.2) is 0 Å². The van der Waals surface area contributed by atoms with E-state index in [-0.39, 0.29) is 5.60 Å². The van der Waals surface area contributed by atoms with Crippen molar-refractivity contribution in [1.82, 2.24) is 15.0 Å². The first-order valence-electron chi connectivity index (χ1n) is 8.59. The predicted molar refractivity (Wildman–Crippen MR) is 83.1 cm³/mol. The second kappa shape index (κ2) is 5.71. The quantitative estimate of drug-likeness (QED) is 0.836. The van der Waals surface area contributed by atoms with Crippen LogP contribution in [0.25, 0.3) is 0 Å². The van der Waals surface area contributed by atoms with Crippen LogP contribution in [0.4, 0.5) is 0 Å². The summed E-state index contributed by atoms with van der Waals surface area (Å²) in [5, 5.41) is 8.50. The zero-order valence-corrected chi connectivity index (χ0v) is 13.9. The number of aromatic nitrogens is 3. The molecule has 1 fully saturated rings. The number of hydrogen-bond donors (Lipinski definition) is 0. The maximum Gasteiger partial charge on any atom is 0.0859 e. The fourth-order valence-electron chi connectivity index (χ4n) is 3.91. The van der Waals surface area contributed by atoms with E-state index in [9.17, 15) is 0 Å². The van der Waals surface area contributed by atoms with E-state index in [2.05, 4.69) is 31.1 Å². The molecule has 2 aliphatic carbocycles. The maximum atomic E-state index is 6.27. The highest BCUT2D eigenvalue weighted by Gasteiger charge is 2.50. The standard InChI is InChI=1S/C17H29N3O/c1-5-17(3,6-2)21-11-14-12-7-9-15-16(10-8-13(12)14)20(4)19-18-15/h12-14H,5-11H2,1-4H3/t12-,13+,14-/m0/s1. The Morgan fingerprint density at radius 1 is 1.19 bits per heavy atom. The highest BCUT2D eigenvalue weighted by atomic mass is 16.5. The van der Waals surface area contributed by atoms with Crippen molar-refractivity contribution in [3.05, 3.63) is 11.4 Å². The first-order valence-corrected chi connectivity index (χ1v) is 8.59. The van der Waals surface area contributed by atoms with E-state index < -0.39 is 0 Å². The first kappa shape index (κ1) is 15.0. The third kappa shape index (κ3) is 2.87. The van der Waals surface area contributed by atoms with Crippen LogP contribution in [0.2, 0.25) is 0 Å². The third-order valence-electron chi connectivity index (χ3n) is 6.08. The molecule has 0 amide bonds. The summed E-state index contributed by atoms with van der Waals surface area (Å²) in [5.74, 6) is 2.51. The van der Waals surface area contributed by atoms with Gasteiger partial charge < -0.3 is 4.74 Å². The Kier molecular flexibility index (Phi) is 4.08. The maximum absolute atomic E-state index is 6.27. The summed E-state index contributed by atoms with van der Waals surface area (Å²) in [7, 11) is 2.02. The summed E-state index contributed by atoms with van der Waals surface area (Å²) >= 11 is 0. The predicted octanol–water partition coefficient (Wildman–Crippen LogP) is 3.15. The van der Waals surface area contributed by atoms with Crippen LogP contribution < -0.4 is 0 Å². The van der Waals surface area contributed by atoms with E-state index in [1.165, 1.54) is 24.2 Å². The minimum Gasteiger partial charge on any atom is -0.375 e. The van der Waals surface area contributed by atoms with Gasteiger partial charge in [-0.1, -0.05) is 19.1 Å². The van der Waals surface area contributed by atoms with Gasteiger partial charge in [-0.05, 0) is 63.2 Å². The molecular weight excluding hydrogens is 262 g/mol. The van der Waals surface area contributed by atoms with Crippen LogP contribution in [0.3, 0.4) is 0 Å². The average Bonchev–Trinajstić information content (AvgIpc) is 3.02. The second-order valence-electron chi connectivity index (χ2n) is 7.14. The SMILES string of the molecule is CCC(C)(CC)OC[C@@H]1[C@@H]2CCc3c(nnn3C)CC[C@@H]21. The molecule has 0 N–H and O–H groups in total. The van der Waals surface area contributed by atoms with E-state index in [0.29, 0.717) is 0 Å². The highest BCUT2D eigenvalue weighted by Crippen LogP contribution is 2.53. The fraction of sp³-hybridized carbons (Fsp3) is 0.882. The summed E-state index contributed by atoms with van der Waals surface area (Å²) in [4.78, 5) is 0. The van der Waals surface area contributed by atoms with Crippen molar-refractivity contribution in [2.75, 3.05) is 6.61 Å². The lowest BCUT2D eigenvalue weighted by Crippen LogP contribution is -2.28. The van der Waals surface area contributed by atoms with Gasteiger partial charge in [-0.2, -0.15) is 0 Å². The molecule has 118 valence electrons. The number of hydrogen-bond acceptors (Lipinski definition) is 3. The number of fused-ring (bicyclic) bond motifs is 2. The molecule has 0 aromatic carbocycles. The molecule has 0 radical (unpaired) electrons. The fourth-order valence-corrected chi connectivity index (χ4v) is 3.91. The van der Waals surface area contributed by atoms with Gasteiger partial charge in [0, 0.05) is 7.05 Å². The third-order valence-corrected chi connectivity index (χ3v) is 6.08. The largest absolute Gasteiger partial charge is 0.375 e. The molecule has 3 atom stereocenters. The molecule has 4 nitrogen and oxygen atoms in total. The van der Waals surface area contributed by atoms with Crippen LogP contribution in [0.5, 0.6) is 0 Å². The van der Waals surface area contributed by atoms with Crippen molar-refractivity contribution in [1.29, 1.82) is 0 Å². The average molecular weight is 291 g/mol. The molecule has 0 aliphatic heterocycles. The van der Waals surface area contributed by atoms with E-state index in [1.807, 2.05) is 11.7 Å². The summed E-state index contributed by atoms with van der Waals surface area (Å²) in [6, 6.07) is 0. The number of rotatable bonds is 5. The molecule has 3 rings (SSSR count). The van der Waals surface area contributed by atoms with Crippen LogP contribution in [-0.4, -0.2) is 27.2 Å². The van der Waals surface area contributed by atoms with Crippen molar-refractivity contribution in [3.63, 3.8) is 0 Å². The van der Waals surface area contributed by atoms with Gasteiger partial charge in [0.05, 0.1) is 23.6 Å². The lowest BCUT2D eigenvalue weighted by atomic mass is 10.00. The van der Waals surface area contributed by atoms with Gasteiger partial charge in [0.2, 0.25) is 0 Å². The van der Waals surface area contributed by atoms with E-state index in [0.717, 1.165) is 50.0 Å². The molecule has 1 saturated carbocycles. The van der Waals surface area contributed by atoms with Gasteiger partial charge in [-0.3, -0.25) is 4.68 Å². The van der Waals surface area contributed by atoms with E-state index in [4.69, 9.17) is 4.74 Å². The van der Waals surface area contributed by atoms with Gasteiger partial charge in [-0.15, -0.1) is 5.10 Å². The van der Waals surface area contributed by atoms with Crippen molar-refractivity contribution in [2.45, 2.75) is 64.9 Å². The summed E-state index contributed by atoms with van der Waals surface area (Å²) in [6.45, 7) is 7.67. The molecule has 4 heteroatoms. The summed E-state index contributed by atoms with van der Waals surface area (Å²) in [5.41, 5.74) is 2.66. The molecular formula is C17H29N3O. The van der Waals surface area contributed by atoms with Crippen molar-refractivity contribution in [3.8, 4) is 0 Å². The number of aryl methyl sites for hydroxylation is 2. The van der Waals surface area contributed by atoms with Gasteiger partial charge in [0.25, 0.3) is 0 Å². The van der Waals surface area contributed by atoms with Crippen molar-refractivity contribution >= 4 is 0 Å². The van der Waals surface area contributed by atoms with Crippen LogP contribution in [0.15, 0.2) is 0 Å². The van der Waals surface area contributed by atoms with Crippen molar-refractivity contribution < 1.29 is 4.74 Å². The molecule has 21 heavy (non-hydrogen) atoms. The number of nitrogens with zero attached hydrogens (tertiary/aromatic N) is 3. The van der Waals surface area contributed by atoms with Gasteiger partial charge >= 0.3 is 0 Å². The molecule has 2 aliphatic rings. The Balaban J connectivity index is 1.57. The Morgan fingerprint density at radius 2 is 1.86 bits per heavy atom. The van der Waals surface area contributed by atoms with Crippen LogP contribution >= 0.6 is 0 Å². The highest BCUT2D eigenvalue weighted by molar-refractivity contribution is 5.14. The minimum atomic E-state index is 0.0757. The normalized spacial score (nSPS) is 28.5. The van der Waals surface area contributed by atoms with Crippen LogP contribution in [0.1, 0.15) is 57.8 Å². The van der Waals surface area contributed by atoms with E-state index >= 15 is 0 Å². The molecule has 1 aromatic heterocycles. The second-order valence-corrected chi connectivity index (χ2v) is 7.14. The van der Waals surface area contributed by atoms with Crippen molar-refractivity contribution in [2.24, 2.45) is 24.8 Å². The molecule has 0 bridgehead atoms. The molecule has 0 saturated heterocycles. The molecule has 1 heterocycles. The minimum absolute atomic E-state index is 0.0757. The lowest BCUT2D eigenvalue weighted by Gasteiger charge is -2.27. The summed E-state index contributed by atoms with van der Waals surface area (Å²) < 4.78 is 8.24. The molecule has 0 unspecified atom stereocenters. The van der Waals surface area contributed by atoms with Gasteiger partial charge in [0.1, 0.15) is 0 Å². The zero-order chi connectivity index (χ0) is 15.0. The summed E-state index contributed by atoms with van der Waals surface area (Å²) in [6.07, 6.45) is 6.98. The Labute approximate surface area is 128 Å². The molecule has 0 spiro atoms. The van der Waals surface area contributed by atoms with Gasteiger partial charge in [-0.25, -0.2) is 0 Å². The first-order chi connectivity index (χ1) is 10.1. The zero-order valence-electron chi connectivity index (χ0n) is 13.9. The Bertz CT molecular complexity index is 492. The lowest BCUT2D eigenvalue weighted by molar-refractivity contribution is -0.0449. The Morgan fingerprint density at radius 3 is 2.52 bits per heavy atom. The Hall–Kier alpha value is -0.900. The smallest absolute Gasteiger partial charge is 0.0859 e. The van der Waals surface area contributed by atoms with Crippen LogP contribution in [-0.2, 0) is 24.6 Å². The molecule has 1 aromatic rings.